The fraction of sp³-hybridized carbons (Fsp3) is 0.622. The molecule has 14 N–H and O–H groups in total. The van der Waals surface area contributed by atoms with Gasteiger partial charge >= 0.3 is 0 Å². The van der Waals surface area contributed by atoms with E-state index in [0.717, 1.165) is 26.5 Å². The van der Waals surface area contributed by atoms with Crippen LogP contribution in [0, 0.1) is 11.8 Å². The topological polar surface area (TPSA) is 382 Å². The van der Waals surface area contributed by atoms with Gasteiger partial charge in [0.25, 0.3) is 0 Å². The van der Waals surface area contributed by atoms with Crippen molar-refractivity contribution in [2.24, 2.45) is 34.8 Å². The van der Waals surface area contributed by atoms with Gasteiger partial charge in [0.1, 0.15) is 48.0 Å². The van der Waals surface area contributed by atoms with Crippen molar-refractivity contribution in [3.8, 4) is 5.75 Å². The molecule has 1 aromatic carbocycles. The smallest absolute Gasteiger partial charge is 0.246 e. The van der Waals surface area contributed by atoms with Crippen molar-refractivity contribution in [3.05, 3.63) is 29.8 Å². The molecule has 0 aliphatic carbocycles. The van der Waals surface area contributed by atoms with E-state index < -0.39 is 145 Å². The van der Waals surface area contributed by atoms with E-state index in [9.17, 15) is 57.8 Å². The van der Waals surface area contributed by atoms with Crippen LogP contribution in [0.15, 0.2) is 24.3 Å². The monoisotopic (exact) mass is 1030 g/mol. The first-order valence-electron chi connectivity index (χ1n) is 23.3. The van der Waals surface area contributed by atoms with E-state index in [-0.39, 0.29) is 49.0 Å². The minimum absolute atomic E-state index is 0.0453. The highest BCUT2D eigenvalue weighted by Gasteiger charge is 2.44. The first kappa shape index (κ1) is 59.2. The zero-order chi connectivity index (χ0) is 53.3. The van der Waals surface area contributed by atoms with Gasteiger partial charge in [0.15, 0.2) is 0 Å². The number of carbonyl (C=O) groups excluding carboxylic acids is 11. The summed E-state index contributed by atoms with van der Waals surface area (Å²) in [5, 5.41) is 22.7. The van der Waals surface area contributed by atoms with Crippen molar-refractivity contribution < 1.29 is 57.8 Å². The number of rotatable bonds is 17. The van der Waals surface area contributed by atoms with Gasteiger partial charge in [0, 0.05) is 45.0 Å². The lowest BCUT2D eigenvalue weighted by atomic mass is 9.96. The average molecular weight is 1040 g/mol. The van der Waals surface area contributed by atoms with Crippen LogP contribution in [0.1, 0.15) is 78.2 Å². The number of phenols is 1. The fourth-order valence-corrected chi connectivity index (χ4v) is 10.3. The first-order valence-corrected chi connectivity index (χ1v) is 25.8. The number of hydrogen-bond acceptors (Lipinski definition) is 15. The molecular weight excluding hydrogens is 965 g/mol. The van der Waals surface area contributed by atoms with Gasteiger partial charge in [0.2, 0.25) is 65.0 Å². The van der Waals surface area contributed by atoms with E-state index in [4.69, 9.17) is 22.9 Å². The van der Waals surface area contributed by atoms with Crippen LogP contribution in [0.4, 0.5) is 0 Å². The lowest BCUT2D eigenvalue weighted by Crippen LogP contribution is -2.62. The molecule has 1 aromatic rings. The van der Waals surface area contributed by atoms with Crippen LogP contribution in [-0.2, 0) is 59.2 Å². The lowest BCUT2D eigenvalue weighted by molar-refractivity contribution is -0.151. The van der Waals surface area contributed by atoms with Gasteiger partial charge in [-0.05, 0) is 55.2 Å². The summed E-state index contributed by atoms with van der Waals surface area (Å²) < 4.78 is 0. The van der Waals surface area contributed by atoms with E-state index in [1.165, 1.54) is 36.0 Å². The molecule has 0 aromatic heterocycles. The molecule has 71 heavy (non-hydrogen) atoms. The predicted octanol–water partition coefficient (Wildman–Crippen LogP) is -2.92. The van der Waals surface area contributed by atoms with Crippen molar-refractivity contribution >= 4 is 86.6 Å². The number of hydrogen-bond donors (Lipinski definition) is 10. The Morgan fingerprint density at radius 2 is 1.42 bits per heavy atom. The summed E-state index contributed by atoms with van der Waals surface area (Å²) in [4.78, 5) is 152. The van der Waals surface area contributed by atoms with Gasteiger partial charge in [-0.25, -0.2) is 0 Å². The van der Waals surface area contributed by atoms with Crippen LogP contribution < -0.4 is 49.5 Å². The number of nitrogens with one attached hydrogen (secondary N) is 5. The molecule has 2 aliphatic heterocycles. The number of likely N-dealkylation sites (N-methyl/N-ethyl adjacent to an activating group) is 2. The normalized spacial score (nSPS) is 24.1. The van der Waals surface area contributed by atoms with Gasteiger partial charge in [-0.3, -0.25) is 52.7 Å². The van der Waals surface area contributed by atoms with Crippen LogP contribution in [-0.4, -0.2) is 172 Å². The maximum absolute atomic E-state index is 14.8. The number of aromatic hydroxyl groups is 1. The Hall–Kier alpha value is -6.15. The molecule has 24 nitrogen and oxygen atoms in total. The van der Waals surface area contributed by atoms with Gasteiger partial charge in [-0.15, -0.1) is 0 Å². The quantitative estimate of drug-likeness (QED) is 0.0699. The SMILES string of the molecule is CC[C@H](C)[C@@H]1NC(=O)[C@H](Cc2ccc(O)cc2)NC(=O)[C@@H](N)CSSC[C@@H](C(=O)N2CCC[C@H]2C(=O)N(C)[C@@H](CC(C)C)C(=O)NCC(N)=O)N(C)C(=O)[C@H](CC(N)=O)NC(=O)[C@H](CCC(N)=O)NC1=O. The van der Waals surface area contributed by atoms with Crippen molar-refractivity contribution in [2.75, 3.05) is 38.7 Å². The standard InChI is InChI=1S/C45H70N12O12S2/c1-7-24(4)37-42(66)51-28(14-15-34(47)59)39(63)53-30(19-35(48)60)43(67)56(6)33(22-71-70-21-27(46)38(62)52-29(40(64)54-37)18-25-10-12-26(58)13-11-25)45(69)57-16-8-9-31(57)44(68)55(5)32(17-23(2)3)41(65)50-20-36(49)61/h10-13,23-24,27-33,37,58H,7-9,14-22,46H2,1-6H3,(H2,47,59)(H2,48,60)(H2,49,61)(H,50,65)(H,51,66)(H,52,62)(H,53,63)(H,54,64)/t24-,27-,28-,29-,30-,31-,32-,33-,37-/m0/s1. The maximum atomic E-state index is 14.8. The molecule has 26 heteroatoms. The molecule has 0 saturated carbocycles. The van der Waals surface area contributed by atoms with Crippen molar-refractivity contribution in [3.63, 3.8) is 0 Å². The summed E-state index contributed by atoms with van der Waals surface area (Å²) in [6, 6.07) is -4.90. The number of likely N-dealkylation sites (tertiary alicyclic amines) is 1. The van der Waals surface area contributed by atoms with Crippen LogP contribution in [0.5, 0.6) is 5.75 Å². The van der Waals surface area contributed by atoms with E-state index in [1.54, 1.807) is 26.0 Å². The summed E-state index contributed by atoms with van der Waals surface area (Å²) in [6.07, 6.45) is -0.625. The fourth-order valence-electron chi connectivity index (χ4n) is 7.91. The largest absolute Gasteiger partial charge is 0.508 e. The van der Waals surface area contributed by atoms with Crippen LogP contribution in [0.2, 0.25) is 0 Å². The number of primary amides is 3. The molecule has 394 valence electrons. The third-order valence-corrected chi connectivity index (χ3v) is 14.6. The second kappa shape index (κ2) is 28.0. The summed E-state index contributed by atoms with van der Waals surface area (Å²) in [5.41, 5.74) is 23.1. The number of benzene rings is 1. The molecule has 2 fully saturated rings. The molecule has 3 rings (SSSR count). The van der Waals surface area contributed by atoms with E-state index in [2.05, 4.69) is 26.6 Å². The Labute approximate surface area is 420 Å². The maximum Gasteiger partial charge on any atom is 0.246 e. The van der Waals surface area contributed by atoms with E-state index in [0.29, 0.717) is 18.4 Å². The molecule has 2 aliphatic rings. The van der Waals surface area contributed by atoms with Gasteiger partial charge < -0.3 is 69.3 Å². The first-order chi connectivity index (χ1) is 33.4. The van der Waals surface area contributed by atoms with Crippen LogP contribution in [0.3, 0.4) is 0 Å². The Bertz CT molecular complexity index is 2120. The minimum atomic E-state index is -1.74. The minimum Gasteiger partial charge on any atom is -0.508 e. The second-order valence-corrected chi connectivity index (χ2v) is 20.8. The molecule has 0 spiro atoms. The zero-order valence-corrected chi connectivity index (χ0v) is 42.6. The highest BCUT2D eigenvalue weighted by molar-refractivity contribution is 8.76. The van der Waals surface area contributed by atoms with Crippen molar-refractivity contribution in [2.45, 2.75) is 127 Å². The molecule has 11 amide bonds. The third kappa shape index (κ3) is 17.9. The van der Waals surface area contributed by atoms with Gasteiger partial charge in [-0.2, -0.15) is 0 Å². The molecule has 0 unspecified atom stereocenters. The highest BCUT2D eigenvalue weighted by atomic mass is 33.1. The third-order valence-electron chi connectivity index (χ3n) is 12.2. The zero-order valence-electron chi connectivity index (χ0n) is 41.0. The summed E-state index contributed by atoms with van der Waals surface area (Å²) >= 11 is 0. The second-order valence-electron chi connectivity index (χ2n) is 18.2. The number of nitrogens with zero attached hydrogens (tertiary/aromatic N) is 3. The van der Waals surface area contributed by atoms with Crippen molar-refractivity contribution in [1.82, 2.24) is 41.3 Å². The number of nitrogens with two attached hydrogens (primary N) is 4. The number of carbonyl (C=O) groups is 11. The molecule has 2 heterocycles. The molecule has 9 atom stereocenters. The van der Waals surface area contributed by atoms with Gasteiger partial charge in [0.05, 0.1) is 19.0 Å². The summed E-state index contributed by atoms with van der Waals surface area (Å²) in [5.74, 6) is -10.0. The summed E-state index contributed by atoms with van der Waals surface area (Å²) in [7, 11) is 4.76. The molecule has 0 radical (unpaired) electrons. The Balaban J connectivity index is 2.11. The Kier molecular flexibility index (Phi) is 23.4. The van der Waals surface area contributed by atoms with Crippen LogP contribution in [0.25, 0.3) is 0 Å². The lowest BCUT2D eigenvalue weighted by Gasteiger charge is -2.37. The molecular formula is C45H70N12O12S2. The number of amides is 11. The average Bonchev–Trinajstić information content (AvgIpc) is 3.81. The van der Waals surface area contributed by atoms with Crippen molar-refractivity contribution in [1.29, 1.82) is 0 Å². The Morgan fingerprint density at radius 1 is 0.817 bits per heavy atom. The Morgan fingerprint density at radius 3 is 2.01 bits per heavy atom. The van der Waals surface area contributed by atoms with E-state index in [1.807, 2.05) is 13.8 Å². The van der Waals surface area contributed by atoms with Crippen LogP contribution >= 0.6 is 21.6 Å². The molecule has 0 bridgehead atoms. The van der Waals surface area contributed by atoms with E-state index >= 15 is 0 Å². The highest BCUT2D eigenvalue weighted by Crippen LogP contribution is 2.29. The number of phenolic OH excluding ortho intramolecular Hbond substituents is 1. The molecule has 2 saturated heterocycles. The predicted molar refractivity (Wildman–Crippen MR) is 264 cm³/mol. The van der Waals surface area contributed by atoms with Gasteiger partial charge in [-0.1, -0.05) is 67.8 Å². The summed E-state index contributed by atoms with van der Waals surface area (Å²) in [6.45, 7) is 6.68.